The number of carbonyl (C=O) groups is 1. The quantitative estimate of drug-likeness (QED) is 0.122. The van der Waals surface area contributed by atoms with Crippen LogP contribution in [0.25, 0.3) is 5.57 Å². The molecule has 3 aromatic carbocycles. The van der Waals surface area contributed by atoms with Crippen LogP contribution in [0, 0.1) is 41.8 Å². The van der Waals surface area contributed by atoms with E-state index in [1.54, 1.807) is 6.08 Å². The van der Waals surface area contributed by atoms with E-state index in [4.69, 9.17) is 9.47 Å². The Balaban J connectivity index is 1.49. The van der Waals surface area contributed by atoms with E-state index >= 15 is 0 Å². The van der Waals surface area contributed by atoms with Gasteiger partial charge in [0.25, 0.3) is 0 Å². The zero-order valence-corrected chi connectivity index (χ0v) is 21.4. The van der Waals surface area contributed by atoms with Crippen molar-refractivity contribution in [1.82, 2.24) is 0 Å². The van der Waals surface area contributed by atoms with Crippen LogP contribution in [-0.4, -0.2) is 12.6 Å². The van der Waals surface area contributed by atoms with Crippen LogP contribution in [0.5, 0.6) is 11.5 Å². The fraction of sp³-hybridized carbons (Fsp3) is 0.300. The lowest BCUT2D eigenvalue weighted by atomic mass is 9.82. The van der Waals surface area contributed by atoms with Gasteiger partial charge in [-0.25, -0.2) is 22.4 Å². The van der Waals surface area contributed by atoms with Crippen LogP contribution in [0.3, 0.4) is 0 Å². The van der Waals surface area contributed by atoms with Crippen molar-refractivity contribution in [3.63, 3.8) is 0 Å². The van der Waals surface area contributed by atoms with Crippen molar-refractivity contribution in [1.29, 1.82) is 0 Å². The summed E-state index contributed by atoms with van der Waals surface area (Å²) in [6.07, 6.45) is 3.97. The Morgan fingerprint density at radius 2 is 1.56 bits per heavy atom. The molecule has 206 valence electrons. The topological polar surface area (TPSA) is 35.5 Å². The highest BCUT2D eigenvalue weighted by Gasteiger charge is 2.27. The molecule has 1 atom stereocenters. The molecule has 3 nitrogen and oxygen atoms in total. The van der Waals surface area contributed by atoms with E-state index in [9.17, 15) is 31.1 Å². The second-order valence-corrected chi connectivity index (χ2v) is 9.37. The van der Waals surface area contributed by atoms with Gasteiger partial charge in [0.1, 0.15) is 0 Å². The van der Waals surface area contributed by atoms with Crippen molar-refractivity contribution in [3.8, 4) is 11.5 Å². The molecule has 1 aliphatic rings. The molecule has 0 heterocycles. The minimum absolute atomic E-state index is 0.0767. The molecule has 0 aliphatic heterocycles. The lowest BCUT2D eigenvalue weighted by Crippen LogP contribution is -2.14. The molecule has 0 fully saturated rings. The largest absolute Gasteiger partial charge is 0.490 e. The normalized spacial score (nSPS) is 15.2. The van der Waals surface area contributed by atoms with Crippen molar-refractivity contribution in [3.05, 3.63) is 99.6 Å². The molecule has 4 rings (SSSR count). The van der Waals surface area contributed by atoms with E-state index in [-0.39, 0.29) is 47.8 Å². The maximum absolute atomic E-state index is 15.0. The van der Waals surface area contributed by atoms with Crippen molar-refractivity contribution in [2.24, 2.45) is 0 Å². The Hall–Kier alpha value is -3.75. The van der Waals surface area contributed by atoms with E-state index in [1.165, 1.54) is 25.1 Å². The van der Waals surface area contributed by atoms with Gasteiger partial charge in [0, 0.05) is 5.56 Å². The zero-order valence-electron chi connectivity index (χ0n) is 21.4. The smallest absolute Gasteiger partial charge is 0.346 e. The number of ether oxygens (including phenoxy) is 2. The summed E-state index contributed by atoms with van der Waals surface area (Å²) in [5, 5.41) is 0. The standard InChI is InChI=1S/C30H26F6O3/c1-3-4-15-38-22-13-12-21(27(34)28(22)35)30(37)39-23-14-11-20(26(33)29(23)36)18-8-6-17(7-9-18)19-10-5-16(2)24(31)25(19)32/h5,8,10-14,17H,3-4,6-7,9,15H2,1-2H3. The van der Waals surface area contributed by atoms with Gasteiger partial charge in [0.15, 0.2) is 34.8 Å². The van der Waals surface area contributed by atoms with Gasteiger partial charge < -0.3 is 9.47 Å². The van der Waals surface area contributed by atoms with E-state index < -0.39 is 52.2 Å². The first-order valence-corrected chi connectivity index (χ1v) is 12.6. The van der Waals surface area contributed by atoms with Crippen LogP contribution in [0.4, 0.5) is 26.3 Å². The van der Waals surface area contributed by atoms with Gasteiger partial charge in [-0.3, -0.25) is 0 Å². The number of carbonyl (C=O) groups excluding carboxylic acids is 1. The zero-order chi connectivity index (χ0) is 28.3. The lowest BCUT2D eigenvalue weighted by molar-refractivity contribution is 0.0720. The highest BCUT2D eigenvalue weighted by atomic mass is 19.2. The van der Waals surface area contributed by atoms with Crippen LogP contribution >= 0.6 is 0 Å². The van der Waals surface area contributed by atoms with Crippen LogP contribution < -0.4 is 9.47 Å². The molecule has 0 radical (unpaired) electrons. The van der Waals surface area contributed by atoms with Crippen molar-refractivity contribution in [2.75, 3.05) is 6.61 Å². The number of esters is 1. The minimum Gasteiger partial charge on any atom is -0.490 e. The van der Waals surface area contributed by atoms with Crippen molar-refractivity contribution >= 4 is 11.5 Å². The highest BCUT2D eigenvalue weighted by Crippen LogP contribution is 2.39. The number of benzene rings is 3. The average Bonchev–Trinajstić information content (AvgIpc) is 2.93. The molecule has 39 heavy (non-hydrogen) atoms. The van der Waals surface area contributed by atoms with Gasteiger partial charge in [0.2, 0.25) is 11.6 Å². The first-order valence-electron chi connectivity index (χ1n) is 12.6. The summed E-state index contributed by atoms with van der Waals surface area (Å²) < 4.78 is 96.9. The highest BCUT2D eigenvalue weighted by molar-refractivity contribution is 5.91. The molecule has 9 heteroatoms. The Bertz CT molecular complexity index is 1430. The van der Waals surface area contributed by atoms with E-state index in [0.29, 0.717) is 18.4 Å². The van der Waals surface area contributed by atoms with Crippen LogP contribution in [-0.2, 0) is 0 Å². The predicted octanol–water partition coefficient (Wildman–Crippen LogP) is 8.58. The van der Waals surface area contributed by atoms with Gasteiger partial charge in [-0.15, -0.1) is 0 Å². The molecule has 0 amide bonds. The fourth-order valence-electron chi connectivity index (χ4n) is 4.48. The monoisotopic (exact) mass is 548 g/mol. The molecule has 3 aromatic rings. The van der Waals surface area contributed by atoms with E-state index in [1.807, 2.05) is 6.92 Å². The first-order chi connectivity index (χ1) is 18.6. The Labute approximate surface area is 222 Å². The third-order valence-electron chi connectivity index (χ3n) is 6.77. The summed E-state index contributed by atoms with van der Waals surface area (Å²) in [6, 6.07) is 7.26. The Morgan fingerprint density at radius 3 is 2.26 bits per heavy atom. The summed E-state index contributed by atoms with van der Waals surface area (Å²) in [7, 11) is 0. The molecule has 1 aliphatic carbocycles. The number of unbranched alkanes of at least 4 members (excludes halogenated alkanes) is 1. The summed E-state index contributed by atoms with van der Waals surface area (Å²) in [6.45, 7) is 3.52. The molecule has 0 bridgehead atoms. The minimum atomic E-state index is -1.53. The summed E-state index contributed by atoms with van der Waals surface area (Å²) in [4.78, 5) is 12.4. The average molecular weight is 549 g/mol. The third kappa shape index (κ3) is 5.82. The number of allylic oxidation sites excluding steroid dienone is 2. The molecule has 0 N–H and O–H groups in total. The van der Waals surface area contributed by atoms with Crippen LogP contribution in [0.15, 0.2) is 42.5 Å². The molecule has 0 saturated heterocycles. The first kappa shape index (κ1) is 28.3. The summed E-state index contributed by atoms with van der Waals surface area (Å²) in [5.74, 6) is -10.4. The molecule has 1 unspecified atom stereocenters. The van der Waals surface area contributed by atoms with Gasteiger partial charge in [0.05, 0.1) is 12.2 Å². The van der Waals surface area contributed by atoms with E-state index in [2.05, 4.69) is 0 Å². The summed E-state index contributed by atoms with van der Waals surface area (Å²) >= 11 is 0. The van der Waals surface area contributed by atoms with Gasteiger partial charge in [-0.2, -0.15) is 8.78 Å². The Morgan fingerprint density at radius 1 is 0.846 bits per heavy atom. The number of hydrogen-bond acceptors (Lipinski definition) is 3. The second kappa shape index (κ2) is 12.0. The molecule has 0 saturated carbocycles. The number of hydrogen-bond donors (Lipinski definition) is 0. The van der Waals surface area contributed by atoms with Crippen LogP contribution in [0.2, 0.25) is 0 Å². The predicted molar refractivity (Wildman–Crippen MR) is 134 cm³/mol. The van der Waals surface area contributed by atoms with Crippen molar-refractivity contribution in [2.45, 2.75) is 51.9 Å². The number of aryl methyl sites for hydroxylation is 1. The van der Waals surface area contributed by atoms with Crippen molar-refractivity contribution < 1.29 is 40.6 Å². The number of halogens is 6. The third-order valence-corrected chi connectivity index (χ3v) is 6.77. The molecular formula is C30H26F6O3. The second-order valence-electron chi connectivity index (χ2n) is 9.37. The summed E-state index contributed by atoms with van der Waals surface area (Å²) in [5.41, 5.74) is 0.00178. The molecule has 0 spiro atoms. The van der Waals surface area contributed by atoms with Crippen LogP contribution in [0.1, 0.15) is 72.0 Å². The van der Waals surface area contributed by atoms with Gasteiger partial charge in [-0.1, -0.05) is 31.6 Å². The van der Waals surface area contributed by atoms with Gasteiger partial charge >= 0.3 is 5.97 Å². The molecular weight excluding hydrogens is 522 g/mol. The number of rotatable bonds is 8. The van der Waals surface area contributed by atoms with Gasteiger partial charge in [-0.05, 0) is 79.5 Å². The van der Waals surface area contributed by atoms with E-state index in [0.717, 1.165) is 24.6 Å². The lowest BCUT2D eigenvalue weighted by Gasteiger charge is -2.24. The molecule has 0 aromatic heterocycles. The SMILES string of the molecule is CCCCOc1ccc(C(=O)Oc2ccc(C3=CCC(c4ccc(C)c(F)c4F)CC3)c(F)c2F)c(F)c1F. The fourth-order valence-corrected chi connectivity index (χ4v) is 4.48. The Kier molecular flexibility index (Phi) is 8.67. The maximum Gasteiger partial charge on any atom is 0.346 e. The maximum atomic E-state index is 15.0.